The van der Waals surface area contributed by atoms with Crippen molar-refractivity contribution in [2.75, 3.05) is 12.4 Å². The van der Waals surface area contributed by atoms with Crippen molar-refractivity contribution in [2.24, 2.45) is 10.4 Å². The van der Waals surface area contributed by atoms with Crippen molar-refractivity contribution in [3.8, 4) is 0 Å². The summed E-state index contributed by atoms with van der Waals surface area (Å²) in [5.74, 6) is 0.516. The Hall–Kier alpha value is -3.67. The van der Waals surface area contributed by atoms with Gasteiger partial charge in [0.1, 0.15) is 5.84 Å². The number of ketones is 1. The second-order valence-corrected chi connectivity index (χ2v) is 9.34. The van der Waals surface area contributed by atoms with Crippen LogP contribution in [0.2, 0.25) is 0 Å². The summed E-state index contributed by atoms with van der Waals surface area (Å²) >= 11 is 0. The van der Waals surface area contributed by atoms with E-state index in [2.05, 4.69) is 47.4 Å². The number of H-pyrrole nitrogens is 1. The number of nitrogens with one attached hydrogen (secondary N) is 3. The minimum atomic E-state index is -0.370. The van der Waals surface area contributed by atoms with Gasteiger partial charge in [0.25, 0.3) is 0 Å². The van der Waals surface area contributed by atoms with E-state index in [1.54, 1.807) is 19.2 Å². The van der Waals surface area contributed by atoms with Gasteiger partial charge in [0.15, 0.2) is 5.78 Å². The Morgan fingerprint density at radius 1 is 1.06 bits per heavy atom. The first kappa shape index (κ1) is 27.6. The molecule has 3 rings (SSSR count). The molecule has 192 valence electrons. The molecule has 0 aliphatic rings. The predicted octanol–water partition coefficient (Wildman–Crippen LogP) is 7.81. The van der Waals surface area contributed by atoms with Gasteiger partial charge in [0.2, 0.25) is 0 Å². The quantitative estimate of drug-likeness (QED) is 0.198. The zero-order chi connectivity index (χ0) is 26.2. The van der Waals surface area contributed by atoms with Gasteiger partial charge in [0.05, 0.1) is 5.69 Å². The highest BCUT2D eigenvalue weighted by atomic mass is 16.2. The van der Waals surface area contributed by atoms with Crippen molar-refractivity contribution in [3.63, 3.8) is 0 Å². The van der Waals surface area contributed by atoms with Gasteiger partial charge in [-0.15, -0.1) is 0 Å². The molecule has 0 unspecified atom stereocenters. The normalized spacial score (nSPS) is 12.1. The Bertz CT molecular complexity index is 1240. The lowest BCUT2D eigenvalue weighted by Crippen LogP contribution is -2.33. The van der Waals surface area contributed by atoms with Crippen LogP contribution in [0.4, 0.5) is 10.5 Å². The third kappa shape index (κ3) is 7.95. The lowest BCUT2D eigenvalue weighted by Gasteiger charge is -2.20. The van der Waals surface area contributed by atoms with Crippen LogP contribution in [0.25, 0.3) is 10.9 Å². The van der Waals surface area contributed by atoms with Crippen LogP contribution < -0.4 is 10.6 Å². The molecule has 0 saturated heterocycles. The number of fused-ring (bicyclic) bond motifs is 1. The number of aromatic amines is 1. The van der Waals surface area contributed by atoms with Gasteiger partial charge in [-0.25, -0.2) is 4.79 Å². The fraction of sp³-hybridized carbons (Fsp3) is 0.345. The van der Waals surface area contributed by atoms with Crippen LogP contribution in [-0.4, -0.2) is 29.7 Å². The van der Waals surface area contributed by atoms with E-state index in [1.807, 2.05) is 64.1 Å². The van der Waals surface area contributed by atoms with Crippen molar-refractivity contribution in [3.05, 3.63) is 77.0 Å². The zero-order valence-corrected chi connectivity index (χ0v) is 22.2. The van der Waals surface area contributed by atoms with Crippen LogP contribution in [0.1, 0.15) is 67.4 Å². The molecule has 0 bridgehead atoms. The highest BCUT2D eigenvalue weighted by Gasteiger charge is 2.14. The van der Waals surface area contributed by atoms with Gasteiger partial charge in [0, 0.05) is 34.3 Å². The zero-order valence-electron chi connectivity index (χ0n) is 22.2. The molecule has 35 heavy (non-hydrogen) atoms. The maximum atomic E-state index is 12.7. The van der Waals surface area contributed by atoms with Gasteiger partial charge in [-0.1, -0.05) is 64.0 Å². The smallest absolute Gasteiger partial charge is 0.324 e. The first-order valence-electron chi connectivity index (χ1n) is 12.0. The molecule has 6 nitrogen and oxygen atoms in total. The molecule has 0 radical (unpaired) electrons. The number of rotatable bonds is 5. The summed E-state index contributed by atoms with van der Waals surface area (Å²) in [5.41, 5.74) is 5.33. The number of hydrogen-bond donors (Lipinski definition) is 3. The van der Waals surface area contributed by atoms with Gasteiger partial charge in [-0.3, -0.25) is 15.1 Å². The maximum Gasteiger partial charge on any atom is 0.324 e. The van der Waals surface area contributed by atoms with Crippen LogP contribution in [0.5, 0.6) is 0 Å². The fourth-order valence-electron chi connectivity index (χ4n) is 3.25. The van der Waals surface area contributed by atoms with Crippen LogP contribution in [0.3, 0.4) is 0 Å². The molecule has 0 aliphatic carbocycles. The Labute approximate surface area is 213 Å². The second kappa shape index (κ2) is 12.2. The largest absolute Gasteiger partial charge is 0.352 e. The predicted molar refractivity (Wildman–Crippen MR) is 154 cm³/mol. The molecule has 2 amide bonds. The number of amidine groups is 1. The van der Waals surface area contributed by atoms with E-state index in [4.69, 9.17) is 0 Å². The van der Waals surface area contributed by atoms with Gasteiger partial charge in [-0.05, 0) is 61.2 Å². The lowest BCUT2D eigenvalue weighted by molar-refractivity contribution is 0.0989. The Kier molecular flexibility index (Phi) is 9.58. The average Bonchev–Trinajstić information content (AvgIpc) is 3.24. The standard InChI is InChI=1S/C27H32N4O2.C2H6.3H2/c1-17-7-12-22-20(13-17)16-23(30-22)24(32)15-19-8-10-21(11-9-19)29-26(33)31-25(28-6)14-18(2)27(3,4)5;1-2;;;/h7-14,16,30H,15H2,1-6H3,(H2,28,29,31,33);1-2H3;3*1H/b18-14+;;;;. The van der Waals surface area contributed by atoms with Crippen molar-refractivity contribution in [1.29, 1.82) is 0 Å². The van der Waals surface area contributed by atoms with Crippen molar-refractivity contribution >= 4 is 34.2 Å². The number of carbonyl (C=O) groups excluding carboxylic acids is 2. The van der Waals surface area contributed by atoms with Crippen molar-refractivity contribution in [2.45, 2.75) is 54.9 Å². The van der Waals surface area contributed by atoms with E-state index < -0.39 is 0 Å². The topological polar surface area (TPSA) is 86.3 Å². The summed E-state index contributed by atoms with van der Waals surface area (Å²) in [6.07, 6.45) is 2.15. The Balaban J connectivity index is 0. The molecule has 0 spiro atoms. The molecule has 0 fully saturated rings. The first-order valence-corrected chi connectivity index (χ1v) is 12.0. The Morgan fingerprint density at radius 3 is 2.31 bits per heavy atom. The molecule has 6 heteroatoms. The summed E-state index contributed by atoms with van der Waals surface area (Å²) in [4.78, 5) is 32.4. The molecule has 0 aliphatic heterocycles. The number of hydrogen-bond acceptors (Lipinski definition) is 3. The number of carbonyl (C=O) groups is 2. The minimum Gasteiger partial charge on any atom is -0.352 e. The lowest BCUT2D eigenvalue weighted by atomic mass is 9.87. The van der Waals surface area contributed by atoms with E-state index in [0.29, 0.717) is 17.2 Å². The number of aliphatic imine (C=N–C) groups is 1. The van der Waals surface area contributed by atoms with Crippen LogP contribution in [-0.2, 0) is 6.42 Å². The monoisotopic (exact) mass is 480 g/mol. The first-order chi connectivity index (χ1) is 16.5. The SMILES string of the molecule is CC.CN=C(/C=C(\C)C(C)(C)C)NC(=O)Nc1ccc(CC(=O)c2cc3cc(C)ccc3[nH]2)cc1.[HH].[HH].[HH]. The molecular formula is C29H44N4O2. The maximum absolute atomic E-state index is 12.7. The molecule has 1 aromatic heterocycles. The van der Waals surface area contributed by atoms with E-state index in [0.717, 1.165) is 27.6 Å². The van der Waals surface area contributed by atoms with Crippen LogP contribution in [0, 0.1) is 12.3 Å². The molecule has 1 heterocycles. The fourth-order valence-corrected chi connectivity index (χ4v) is 3.25. The second-order valence-electron chi connectivity index (χ2n) is 9.34. The number of Topliss-reactive ketones (excluding diaryl/α,β-unsaturated/α-hetero) is 1. The molecular weight excluding hydrogens is 436 g/mol. The highest BCUT2D eigenvalue weighted by Crippen LogP contribution is 2.24. The summed E-state index contributed by atoms with van der Waals surface area (Å²) in [6.45, 7) is 14.4. The number of amides is 2. The summed E-state index contributed by atoms with van der Waals surface area (Å²) in [7, 11) is 1.64. The summed E-state index contributed by atoms with van der Waals surface area (Å²) < 4.78 is 0. The summed E-state index contributed by atoms with van der Waals surface area (Å²) in [5, 5.41) is 6.60. The molecule has 2 aromatic carbocycles. The van der Waals surface area contributed by atoms with E-state index in [-0.39, 0.29) is 27.9 Å². The third-order valence-electron chi connectivity index (χ3n) is 5.67. The summed E-state index contributed by atoms with van der Waals surface area (Å²) in [6, 6.07) is 14.9. The third-order valence-corrected chi connectivity index (χ3v) is 5.67. The molecule has 0 atom stereocenters. The van der Waals surface area contributed by atoms with E-state index in [1.165, 1.54) is 0 Å². The van der Waals surface area contributed by atoms with Crippen LogP contribution in [0.15, 0.2) is 65.2 Å². The van der Waals surface area contributed by atoms with E-state index >= 15 is 0 Å². The van der Waals surface area contributed by atoms with Gasteiger partial charge >= 0.3 is 6.03 Å². The number of nitrogens with zero attached hydrogens (tertiary/aromatic N) is 1. The number of anilines is 1. The molecule has 3 aromatic rings. The average molecular weight is 481 g/mol. The van der Waals surface area contributed by atoms with Crippen LogP contribution >= 0.6 is 0 Å². The number of allylic oxidation sites excluding steroid dienone is 1. The Morgan fingerprint density at radius 2 is 1.71 bits per heavy atom. The number of benzene rings is 2. The van der Waals surface area contributed by atoms with Crippen molar-refractivity contribution < 1.29 is 13.9 Å². The number of aromatic nitrogens is 1. The van der Waals surface area contributed by atoms with Gasteiger partial charge in [-0.2, -0.15) is 0 Å². The highest BCUT2D eigenvalue weighted by molar-refractivity contribution is 6.08. The van der Waals surface area contributed by atoms with Gasteiger partial charge < -0.3 is 10.3 Å². The van der Waals surface area contributed by atoms with E-state index in [9.17, 15) is 9.59 Å². The number of urea groups is 1. The van der Waals surface area contributed by atoms with Crippen molar-refractivity contribution in [1.82, 2.24) is 10.3 Å². The molecule has 0 saturated carbocycles. The number of aryl methyl sites for hydroxylation is 1. The molecule has 3 N–H and O–H groups in total. The minimum absolute atomic E-state index is 0.